The van der Waals surface area contributed by atoms with Crippen LogP contribution < -0.4 is 23.8 Å². The number of ether oxygens (including phenoxy) is 3. The summed E-state index contributed by atoms with van der Waals surface area (Å²) in [7, 11) is 0.441. The summed E-state index contributed by atoms with van der Waals surface area (Å²) in [5, 5.41) is 0. The van der Waals surface area contributed by atoms with Crippen LogP contribution in [0.4, 0.5) is 11.4 Å². The second kappa shape index (κ2) is 6.75. The first-order chi connectivity index (χ1) is 12.4. The van der Waals surface area contributed by atoms with Gasteiger partial charge >= 0.3 is 0 Å². The number of likely N-dealkylation sites (N-methyl/N-ethyl adjacent to an activating group) is 1. The summed E-state index contributed by atoms with van der Waals surface area (Å²) in [4.78, 5) is 13.1. The highest BCUT2D eigenvalue weighted by Crippen LogP contribution is 2.39. The smallest absolute Gasteiger partial charge is 0.265 e. The Morgan fingerprint density at radius 3 is 2.62 bits per heavy atom. The van der Waals surface area contributed by atoms with E-state index >= 15 is 0 Å². The topological polar surface area (TPSA) is 94.2 Å². The summed E-state index contributed by atoms with van der Waals surface area (Å²) < 4.78 is 44.0. The van der Waals surface area contributed by atoms with Crippen LogP contribution in [0.25, 0.3) is 0 Å². The van der Waals surface area contributed by atoms with E-state index in [2.05, 4.69) is 4.72 Å². The maximum absolute atomic E-state index is 12.9. The Labute approximate surface area is 151 Å². The molecule has 0 radical (unpaired) electrons. The molecule has 1 N–H and O–H groups in total. The number of hydrogen-bond donors (Lipinski definition) is 1. The van der Waals surface area contributed by atoms with E-state index in [4.69, 9.17) is 14.2 Å². The van der Waals surface area contributed by atoms with Crippen molar-refractivity contribution >= 4 is 27.3 Å². The van der Waals surface area contributed by atoms with Crippen molar-refractivity contribution in [3.8, 4) is 17.2 Å². The number of fused-ring (bicyclic) bond motifs is 1. The van der Waals surface area contributed by atoms with Gasteiger partial charge in [-0.2, -0.15) is 0 Å². The molecule has 1 aliphatic heterocycles. The molecule has 2 aromatic carbocycles. The van der Waals surface area contributed by atoms with Crippen molar-refractivity contribution < 1.29 is 27.4 Å². The Balaban J connectivity index is 2.03. The third kappa shape index (κ3) is 3.13. The standard InChI is InChI=1S/C17H18N2O6S/c1-19-13-6-4-5-12(17(13)25-10-16(19)20)18-26(21,22)15-9-11(23-2)7-8-14(15)24-3/h4-9,18H,10H2,1-3H3. The number of benzene rings is 2. The number of nitrogens with zero attached hydrogens (tertiary/aromatic N) is 1. The van der Waals surface area contributed by atoms with Crippen molar-refractivity contribution in [3.63, 3.8) is 0 Å². The van der Waals surface area contributed by atoms with E-state index in [0.717, 1.165) is 0 Å². The van der Waals surface area contributed by atoms with Crippen LogP contribution in [0.2, 0.25) is 0 Å². The highest BCUT2D eigenvalue weighted by molar-refractivity contribution is 7.92. The predicted octanol–water partition coefficient (Wildman–Crippen LogP) is 1.86. The summed E-state index contributed by atoms with van der Waals surface area (Å²) in [5.74, 6) is 0.631. The van der Waals surface area contributed by atoms with Crippen molar-refractivity contribution in [1.82, 2.24) is 0 Å². The van der Waals surface area contributed by atoms with E-state index in [9.17, 15) is 13.2 Å². The molecule has 1 amide bonds. The average molecular weight is 378 g/mol. The lowest BCUT2D eigenvalue weighted by Gasteiger charge is -2.27. The van der Waals surface area contributed by atoms with Gasteiger partial charge in [-0.3, -0.25) is 9.52 Å². The van der Waals surface area contributed by atoms with Crippen LogP contribution in [-0.4, -0.2) is 42.2 Å². The zero-order valence-electron chi connectivity index (χ0n) is 14.5. The number of methoxy groups -OCH3 is 2. The number of anilines is 2. The van der Waals surface area contributed by atoms with Crippen LogP contribution in [0, 0.1) is 0 Å². The molecule has 0 aliphatic carbocycles. The molecule has 0 spiro atoms. The zero-order valence-corrected chi connectivity index (χ0v) is 15.3. The molecule has 0 saturated heterocycles. The first-order valence-electron chi connectivity index (χ1n) is 7.64. The quantitative estimate of drug-likeness (QED) is 0.853. The summed E-state index contributed by atoms with van der Waals surface area (Å²) >= 11 is 0. The van der Waals surface area contributed by atoms with Gasteiger partial charge in [0.2, 0.25) is 0 Å². The largest absolute Gasteiger partial charge is 0.497 e. The van der Waals surface area contributed by atoms with Gasteiger partial charge in [0.1, 0.15) is 16.4 Å². The monoisotopic (exact) mass is 378 g/mol. The molecule has 1 aliphatic rings. The maximum atomic E-state index is 12.9. The molecule has 0 unspecified atom stereocenters. The van der Waals surface area contributed by atoms with Crippen molar-refractivity contribution in [2.45, 2.75) is 4.90 Å². The highest BCUT2D eigenvalue weighted by atomic mass is 32.2. The van der Waals surface area contributed by atoms with Crippen molar-refractivity contribution in [2.75, 3.05) is 37.5 Å². The van der Waals surface area contributed by atoms with Crippen LogP contribution in [0.3, 0.4) is 0 Å². The fourth-order valence-corrected chi connectivity index (χ4v) is 3.83. The summed E-state index contributed by atoms with van der Waals surface area (Å²) in [6, 6.07) is 9.36. The minimum absolute atomic E-state index is 0.0720. The molecule has 0 fully saturated rings. The van der Waals surface area contributed by atoms with E-state index in [-0.39, 0.29) is 28.8 Å². The second-order valence-electron chi connectivity index (χ2n) is 5.52. The molecule has 138 valence electrons. The van der Waals surface area contributed by atoms with Crippen molar-refractivity contribution in [1.29, 1.82) is 0 Å². The van der Waals surface area contributed by atoms with Gasteiger partial charge in [0.15, 0.2) is 12.4 Å². The van der Waals surface area contributed by atoms with Crippen LogP contribution in [0.5, 0.6) is 17.2 Å². The zero-order chi connectivity index (χ0) is 18.9. The Hall–Kier alpha value is -2.94. The van der Waals surface area contributed by atoms with E-state index in [1.165, 1.54) is 31.3 Å². The van der Waals surface area contributed by atoms with Gasteiger partial charge in [-0.1, -0.05) is 6.07 Å². The summed E-state index contributed by atoms with van der Waals surface area (Å²) in [6.45, 7) is -0.162. The Bertz CT molecular complexity index is 958. The van der Waals surface area contributed by atoms with Gasteiger partial charge in [-0.05, 0) is 24.3 Å². The Morgan fingerprint density at radius 1 is 1.15 bits per heavy atom. The van der Waals surface area contributed by atoms with Crippen molar-refractivity contribution in [2.24, 2.45) is 0 Å². The summed E-state index contributed by atoms with van der Waals surface area (Å²) in [6.07, 6.45) is 0. The highest BCUT2D eigenvalue weighted by Gasteiger charge is 2.27. The van der Waals surface area contributed by atoms with Crippen LogP contribution >= 0.6 is 0 Å². The molecular weight excluding hydrogens is 360 g/mol. The minimum atomic E-state index is -3.99. The number of para-hydroxylation sites is 1. The molecule has 0 saturated carbocycles. The number of hydrogen-bond acceptors (Lipinski definition) is 6. The number of carbonyl (C=O) groups is 1. The lowest BCUT2D eigenvalue weighted by Crippen LogP contribution is -2.35. The van der Waals surface area contributed by atoms with E-state index < -0.39 is 10.0 Å². The molecule has 0 atom stereocenters. The average Bonchev–Trinajstić information content (AvgIpc) is 2.64. The number of carbonyl (C=O) groups excluding carboxylic acids is 1. The molecular formula is C17H18N2O6S. The number of rotatable bonds is 5. The van der Waals surface area contributed by atoms with Gasteiger partial charge < -0.3 is 19.1 Å². The molecule has 2 aromatic rings. The van der Waals surface area contributed by atoms with E-state index in [1.807, 2.05) is 0 Å². The van der Waals surface area contributed by atoms with Crippen LogP contribution in [0.15, 0.2) is 41.3 Å². The van der Waals surface area contributed by atoms with Gasteiger partial charge in [-0.25, -0.2) is 8.42 Å². The lowest BCUT2D eigenvalue weighted by molar-refractivity contribution is -0.120. The molecule has 1 heterocycles. The molecule has 8 nitrogen and oxygen atoms in total. The first-order valence-corrected chi connectivity index (χ1v) is 9.13. The van der Waals surface area contributed by atoms with Gasteiger partial charge in [0, 0.05) is 13.1 Å². The predicted molar refractivity (Wildman–Crippen MR) is 95.7 cm³/mol. The van der Waals surface area contributed by atoms with Crippen LogP contribution in [-0.2, 0) is 14.8 Å². The molecule has 9 heteroatoms. The van der Waals surface area contributed by atoms with Gasteiger partial charge in [0.05, 0.1) is 25.6 Å². The van der Waals surface area contributed by atoms with Gasteiger partial charge in [0.25, 0.3) is 15.9 Å². The molecule has 3 rings (SSSR count). The van der Waals surface area contributed by atoms with E-state index in [1.54, 1.807) is 31.3 Å². The first kappa shape index (κ1) is 17.9. The third-order valence-electron chi connectivity index (χ3n) is 3.97. The lowest BCUT2D eigenvalue weighted by atomic mass is 10.2. The van der Waals surface area contributed by atoms with Gasteiger partial charge in [-0.15, -0.1) is 0 Å². The SMILES string of the molecule is COc1ccc(OC)c(S(=O)(=O)Nc2cccc3c2OCC(=O)N3C)c1. The second-order valence-corrected chi connectivity index (χ2v) is 7.17. The number of nitrogens with one attached hydrogen (secondary N) is 1. The number of amides is 1. The van der Waals surface area contributed by atoms with E-state index in [0.29, 0.717) is 17.2 Å². The summed E-state index contributed by atoms with van der Waals surface area (Å²) in [5.41, 5.74) is 0.714. The minimum Gasteiger partial charge on any atom is -0.497 e. The molecule has 0 aromatic heterocycles. The Kier molecular flexibility index (Phi) is 4.64. The molecule has 0 bridgehead atoms. The Morgan fingerprint density at radius 2 is 1.92 bits per heavy atom. The fourth-order valence-electron chi connectivity index (χ4n) is 2.58. The normalized spacial score (nSPS) is 13.7. The van der Waals surface area contributed by atoms with Crippen molar-refractivity contribution in [3.05, 3.63) is 36.4 Å². The fraction of sp³-hybridized carbons (Fsp3) is 0.235. The molecule has 26 heavy (non-hydrogen) atoms. The third-order valence-corrected chi connectivity index (χ3v) is 5.36. The maximum Gasteiger partial charge on any atom is 0.265 e. The van der Waals surface area contributed by atoms with Crippen LogP contribution in [0.1, 0.15) is 0 Å². The number of sulfonamides is 1.